The first-order valence-electron chi connectivity index (χ1n) is 10.1. The van der Waals surface area contributed by atoms with E-state index in [2.05, 4.69) is 40.8 Å². The van der Waals surface area contributed by atoms with Crippen LogP contribution in [0.2, 0.25) is 0 Å². The van der Waals surface area contributed by atoms with Gasteiger partial charge in [-0.3, -0.25) is 0 Å². The number of ether oxygens (including phenoxy) is 1. The predicted octanol–water partition coefficient (Wildman–Crippen LogP) is 4.47. The van der Waals surface area contributed by atoms with Crippen LogP contribution in [0.25, 0.3) is 10.9 Å². The first kappa shape index (κ1) is 20.1. The van der Waals surface area contributed by atoms with E-state index in [1.807, 2.05) is 30.3 Å². The Hall–Kier alpha value is -3.15. The quantitative estimate of drug-likeness (QED) is 0.386. The highest BCUT2D eigenvalue weighted by Gasteiger charge is 2.18. The Balaban J connectivity index is 1.41. The van der Waals surface area contributed by atoms with Gasteiger partial charge >= 0.3 is 0 Å². The Kier molecular flexibility index (Phi) is 6.42. The van der Waals surface area contributed by atoms with Gasteiger partial charge in [-0.1, -0.05) is 60.7 Å². The van der Waals surface area contributed by atoms with Gasteiger partial charge in [0.25, 0.3) is 0 Å². The van der Waals surface area contributed by atoms with E-state index in [1.54, 1.807) is 18.2 Å². The van der Waals surface area contributed by atoms with E-state index < -0.39 is 11.9 Å². The third-order valence-electron chi connectivity index (χ3n) is 5.19. The second kappa shape index (κ2) is 9.57. The van der Waals surface area contributed by atoms with Crippen LogP contribution in [0.3, 0.4) is 0 Å². The summed E-state index contributed by atoms with van der Waals surface area (Å²) in [6, 6.07) is 24.8. The van der Waals surface area contributed by atoms with Crippen LogP contribution in [0.15, 0.2) is 85.1 Å². The predicted molar refractivity (Wildman–Crippen MR) is 117 cm³/mol. The van der Waals surface area contributed by atoms with E-state index in [0.717, 1.165) is 5.52 Å². The van der Waals surface area contributed by atoms with Gasteiger partial charge in [-0.15, -0.1) is 0 Å². The van der Waals surface area contributed by atoms with E-state index >= 15 is 0 Å². The van der Waals surface area contributed by atoms with Crippen LogP contribution >= 0.6 is 0 Å². The van der Waals surface area contributed by atoms with Gasteiger partial charge in [-0.2, -0.15) is 0 Å². The number of aromatic amines is 1. The Morgan fingerprint density at radius 2 is 1.63 bits per heavy atom. The Morgan fingerprint density at radius 3 is 2.47 bits per heavy atom. The molecule has 0 saturated heterocycles. The zero-order valence-electron chi connectivity index (χ0n) is 16.6. The lowest BCUT2D eigenvalue weighted by molar-refractivity contribution is 0.104. The van der Waals surface area contributed by atoms with Crippen LogP contribution in [-0.2, 0) is 0 Å². The fourth-order valence-electron chi connectivity index (χ4n) is 3.68. The Bertz CT molecular complexity index is 1080. The zero-order chi connectivity index (χ0) is 20.8. The van der Waals surface area contributed by atoms with Crippen molar-refractivity contribution in [3.8, 4) is 5.75 Å². The largest absolute Gasteiger partial charge is 0.488 e. The minimum Gasteiger partial charge on any atom is -0.488 e. The van der Waals surface area contributed by atoms with Crippen LogP contribution in [0, 0.1) is 5.82 Å². The number of hydrogen-bond acceptors (Lipinski definition) is 3. The molecular formula is C25H25FN2O2. The standard InChI is InChI=1S/C25H25FN2O2/c26-23-11-5-7-13-25(23)30-17-19(29)14-27-15-21(18-8-2-1-3-9-18)22-16-28-24-12-6-4-10-20(22)24/h1-13,16,19,21,27-29H,14-15,17H2/t19-,21+/m0/s1. The van der Waals surface area contributed by atoms with E-state index in [4.69, 9.17) is 4.74 Å². The van der Waals surface area contributed by atoms with Gasteiger partial charge in [0, 0.05) is 36.1 Å². The monoisotopic (exact) mass is 404 g/mol. The number of para-hydroxylation sites is 2. The molecule has 0 amide bonds. The molecule has 4 nitrogen and oxygen atoms in total. The van der Waals surface area contributed by atoms with Crippen molar-refractivity contribution < 1.29 is 14.2 Å². The molecule has 4 aromatic rings. The van der Waals surface area contributed by atoms with Crippen LogP contribution in [0.5, 0.6) is 5.75 Å². The molecule has 0 bridgehead atoms. The lowest BCUT2D eigenvalue weighted by Crippen LogP contribution is -2.34. The molecule has 0 aliphatic carbocycles. The molecule has 3 aromatic carbocycles. The van der Waals surface area contributed by atoms with Crippen molar-refractivity contribution in [2.45, 2.75) is 12.0 Å². The first-order chi connectivity index (χ1) is 14.7. The molecule has 154 valence electrons. The van der Waals surface area contributed by atoms with Crippen molar-refractivity contribution in [3.63, 3.8) is 0 Å². The fourth-order valence-corrected chi connectivity index (χ4v) is 3.68. The number of aliphatic hydroxyl groups is 1. The Labute approximate surface area is 175 Å². The van der Waals surface area contributed by atoms with Gasteiger partial charge in [-0.05, 0) is 29.3 Å². The van der Waals surface area contributed by atoms with E-state index in [-0.39, 0.29) is 18.3 Å². The van der Waals surface area contributed by atoms with Crippen molar-refractivity contribution in [2.75, 3.05) is 19.7 Å². The van der Waals surface area contributed by atoms with Gasteiger partial charge in [-0.25, -0.2) is 4.39 Å². The number of rotatable bonds is 9. The number of hydrogen-bond donors (Lipinski definition) is 3. The van der Waals surface area contributed by atoms with Crippen LogP contribution in [0.4, 0.5) is 4.39 Å². The topological polar surface area (TPSA) is 57.3 Å². The van der Waals surface area contributed by atoms with Crippen molar-refractivity contribution in [1.82, 2.24) is 10.3 Å². The van der Waals surface area contributed by atoms with Gasteiger partial charge < -0.3 is 20.1 Å². The highest BCUT2D eigenvalue weighted by molar-refractivity contribution is 5.84. The summed E-state index contributed by atoms with van der Waals surface area (Å²) in [6.07, 6.45) is 1.31. The van der Waals surface area contributed by atoms with Crippen LogP contribution < -0.4 is 10.1 Å². The third-order valence-corrected chi connectivity index (χ3v) is 5.19. The summed E-state index contributed by atoms with van der Waals surface area (Å²) in [5.41, 5.74) is 3.51. The number of benzene rings is 3. The molecule has 5 heteroatoms. The van der Waals surface area contributed by atoms with Gasteiger partial charge in [0.15, 0.2) is 11.6 Å². The minimum atomic E-state index is -0.746. The lowest BCUT2D eigenvalue weighted by atomic mass is 9.91. The van der Waals surface area contributed by atoms with Gasteiger partial charge in [0.1, 0.15) is 12.7 Å². The summed E-state index contributed by atoms with van der Waals surface area (Å²) in [7, 11) is 0. The third kappa shape index (κ3) is 4.70. The van der Waals surface area contributed by atoms with Crippen molar-refractivity contribution in [3.05, 3.63) is 102 Å². The summed E-state index contributed by atoms with van der Waals surface area (Å²) in [6.45, 7) is 1.03. The summed E-state index contributed by atoms with van der Waals surface area (Å²) in [5.74, 6) is -0.152. The van der Waals surface area contributed by atoms with E-state index in [0.29, 0.717) is 13.1 Å². The maximum absolute atomic E-state index is 13.6. The van der Waals surface area contributed by atoms with Crippen LogP contribution in [-0.4, -0.2) is 35.9 Å². The number of halogens is 1. The molecule has 30 heavy (non-hydrogen) atoms. The second-order valence-electron chi connectivity index (χ2n) is 7.31. The van der Waals surface area contributed by atoms with E-state index in [9.17, 15) is 9.50 Å². The number of H-pyrrole nitrogens is 1. The number of aliphatic hydroxyl groups excluding tert-OH is 1. The SMILES string of the molecule is O[C@@H](CNC[C@H](c1ccccc1)c1c[nH]c2ccccc12)COc1ccccc1F. The average molecular weight is 404 g/mol. The molecule has 3 N–H and O–H groups in total. The van der Waals surface area contributed by atoms with Gasteiger partial charge in [0.05, 0.1) is 0 Å². The van der Waals surface area contributed by atoms with E-state index in [1.165, 1.54) is 22.6 Å². The molecule has 0 unspecified atom stereocenters. The number of fused-ring (bicyclic) bond motifs is 1. The minimum absolute atomic E-state index is 0.0248. The van der Waals surface area contributed by atoms with Crippen LogP contribution in [0.1, 0.15) is 17.0 Å². The van der Waals surface area contributed by atoms with Crippen molar-refractivity contribution in [2.24, 2.45) is 0 Å². The molecule has 0 aliphatic rings. The molecular weight excluding hydrogens is 379 g/mol. The molecule has 0 saturated carbocycles. The average Bonchev–Trinajstić information content (AvgIpc) is 3.21. The molecule has 0 fully saturated rings. The highest BCUT2D eigenvalue weighted by Crippen LogP contribution is 2.30. The lowest BCUT2D eigenvalue weighted by Gasteiger charge is -2.20. The van der Waals surface area contributed by atoms with Crippen molar-refractivity contribution in [1.29, 1.82) is 0 Å². The number of nitrogens with one attached hydrogen (secondary N) is 2. The molecule has 0 spiro atoms. The normalized spacial score (nSPS) is 13.3. The Morgan fingerprint density at radius 1 is 0.900 bits per heavy atom. The molecule has 1 aromatic heterocycles. The number of aromatic nitrogens is 1. The molecule has 2 atom stereocenters. The summed E-state index contributed by atoms with van der Waals surface area (Å²) >= 11 is 0. The summed E-state index contributed by atoms with van der Waals surface area (Å²) in [5, 5.41) is 14.8. The highest BCUT2D eigenvalue weighted by atomic mass is 19.1. The molecule has 1 heterocycles. The molecule has 0 radical (unpaired) electrons. The summed E-state index contributed by atoms with van der Waals surface area (Å²) < 4.78 is 19.0. The van der Waals surface area contributed by atoms with Gasteiger partial charge in [0.2, 0.25) is 0 Å². The maximum atomic E-state index is 13.6. The second-order valence-corrected chi connectivity index (χ2v) is 7.31. The zero-order valence-corrected chi connectivity index (χ0v) is 16.6. The first-order valence-corrected chi connectivity index (χ1v) is 10.1. The fraction of sp³-hybridized carbons (Fsp3) is 0.200. The molecule has 0 aliphatic heterocycles. The smallest absolute Gasteiger partial charge is 0.165 e. The van der Waals surface area contributed by atoms with Crippen molar-refractivity contribution >= 4 is 10.9 Å². The summed E-state index contributed by atoms with van der Waals surface area (Å²) in [4.78, 5) is 3.35. The maximum Gasteiger partial charge on any atom is 0.165 e. The molecule has 4 rings (SSSR count).